The fraction of sp³-hybridized carbons (Fsp3) is 0.0952. The number of halogens is 1. The number of hydrogen-bond acceptors (Lipinski definition) is 4. The van der Waals surface area contributed by atoms with E-state index < -0.39 is 24.2 Å². The van der Waals surface area contributed by atoms with Crippen LogP contribution < -0.4 is 0 Å². The number of nitrogens with zero attached hydrogens (tertiary/aromatic N) is 2. The van der Waals surface area contributed by atoms with Gasteiger partial charge in [0.2, 0.25) is 5.78 Å². The van der Waals surface area contributed by atoms with Crippen molar-refractivity contribution in [2.45, 2.75) is 6.54 Å². The predicted molar refractivity (Wildman–Crippen MR) is 98.5 cm³/mol. The summed E-state index contributed by atoms with van der Waals surface area (Å²) in [6, 6.07) is 15.4. The van der Waals surface area contributed by atoms with Crippen molar-refractivity contribution in [1.82, 2.24) is 9.78 Å². The molecule has 0 spiro atoms. The highest BCUT2D eigenvalue weighted by molar-refractivity contribution is 5.99. The van der Waals surface area contributed by atoms with Crippen LogP contribution in [0, 0.1) is 5.82 Å². The van der Waals surface area contributed by atoms with Crippen LogP contribution in [0.3, 0.4) is 0 Å². The third-order valence-corrected chi connectivity index (χ3v) is 3.77. The van der Waals surface area contributed by atoms with Gasteiger partial charge in [0.25, 0.3) is 0 Å². The van der Waals surface area contributed by atoms with E-state index in [1.807, 2.05) is 30.3 Å². The first kappa shape index (κ1) is 18.3. The van der Waals surface area contributed by atoms with Gasteiger partial charge in [0.05, 0.1) is 18.3 Å². The summed E-state index contributed by atoms with van der Waals surface area (Å²) in [5, 5.41) is 4.23. The molecule has 0 amide bonds. The van der Waals surface area contributed by atoms with E-state index in [9.17, 15) is 14.0 Å². The second-order valence-electron chi connectivity index (χ2n) is 5.80. The molecule has 1 heterocycles. The summed E-state index contributed by atoms with van der Waals surface area (Å²) < 4.78 is 20.1. The predicted octanol–water partition coefficient (Wildman–Crippen LogP) is 3.51. The molecule has 2 aromatic carbocycles. The first-order valence-corrected chi connectivity index (χ1v) is 8.31. The zero-order valence-corrected chi connectivity index (χ0v) is 14.4. The van der Waals surface area contributed by atoms with Gasteiger partial charge in [0.15, 0.2) is 6.61 Å². The molecule has 6 heteroatoms. The Balaban J connectivity index is 1.51. The summed E-state index contributed by atoms with van der Waals surface area (Å²) in [5.74, 6) is -1.92. The first-order valence-electron chi connectivity index (χ1n) is 8.31. The van der Waals surface area contributed by atoms with Crippen LogP contribution in [0.15, 0.2) is 73.1 Å². The molecule has 0 N–H and O–H groups in total. The number of Topliss-reactive ketones (excluding diaryl/α,β-unsaturated/α-hetero) is 1. The van der Waals surface area contributed by atoms with E-state index >= 15 is 0 Å². The van der Waals surface area contributed by atoms with Crippen LogP contribution in [-0.2, 0) is 16.1 Å². The number of esters is 1. The zero-order chi connectivity index (χ0) is 19.1. The molecule has 0 bridgehead atoms. The molecule has 3 aromatic rings. The monoisotopic (exact) mass is 364 g/mol. The molecule has 0 radical (unpaired) electrons. The standard InChI is InChI=1S/C21H17FN2O3/c22-19-9-5-4-8-18(19)20(25)15-27-21(26)11-10-17-12-23-24(14-17)13-16-6-2-1-3-7-16/h1-12,14H,13,15H2/b11-10+. The van der Waals surface area contributed by atoms with Gasteiger partial charge in [0.1, 0.15) is 5.82 Å². The van der Waals surface area contributed by atoms with Gasteiger partial charge in [-0.3, -0.25) is 9.48 Å². The normalized spacial score (nSPS) is 10.9. The minimum Gasteiger partial charge on any atom is -0.454 e. The van der Waals surface area contributed by atoms with Crippen molar-refractivity contribution in [3.8, 4) is 0 Å². The topological polar surface area (TPSA) is 61.2 Å². The van der Waals surface area contributed by atoms with E-state index in [0.29, 0.717) is 6.54 Å². The van der Waals surface area contributed by atoms with Gasteiger partial charge in [-0.25, -0.2) is 9.18 Å². The smallest absolute Gasteiger partial charge is 0.331 e. The summed E-state index contributed by atoms with van der Waals surface area (Å²) in [5.41, 5.74) is 1.74. The van der Waals surface area contributed by atoms with Crippen LogP contribution in [-0.4, -0.2) is 28.1 Å². The Hall–Kier alpha value is -3.54. The lowest BCUT2D eigenvalue weighted by Crippen LogP contribution is -2.13. The Morgan fingerprint density at radius 2 is 1.81 bits per heavy atom. The molecule has 0 aliphatic heterocycles. The fourth-order valence-electron chi connectivity index (χ4n) is 2.44. The number of ether oxygens (including phenoxy) is 1. The lowest BCUT2D eigenvalue weighted by molar-refractivity contribution is -0.136. The Kier molecular flexibility index (Phi) is 5.89. The van der Waals surface area contributed by atoms with Crippen LogP contribution in [0.25, 0.3) is 6.08 Å². The van der Waals surface area contributed by atoms with Crippen LogP contribution in [0.5, 0.6) is 0 Å². The number of ketones is 1. The van der Waals surface area contributed by atoms with Crippen LogP contribution >= 0.6 is 0 Å². The maximum Gasteiger partial charge on any atom is 0.331 e. The van der Waals surface area contributed by atoms with Gasteiger partial charge in [-0.1, -0.05) is 42.5 Å². The molecule has 0 aliphatic carbocycles. The van der Waals surface area contributed by atoms with E-state index in [4.69, 9.17) is 4.74 Å². The van der Waals surface area contributed by atoms with E-state index in [0.717, 1.165) is 11.1 Å². The lowest BCUT2D eigenvalue weighted by atomic mass is 10.1. The number of benzene rings is 2. The average molecular weight is 364 g/mol. The SMILES string of the molecule is O=C(/C=C/c1cnn(Cc2ccccc2)c1)OCC(=O)c1ccccc1F. The van der Waals surface area contributed by atoms with Gasteiger partial charge >= 0.3 is 5.97 Å². The maximum atomic E-state index is 13.5. The Labute approximate surface area is 155 Å². The van der Waals surface area contributed by atoms with E-state index in [-0.39, 0.29) is 5.56 Å². The number of rotatable bonds is 7. The van der Waals surface area contributed by atoms with E-state index in [1.165, 1.54) is 24.3 Å². The van der Waals surface area contributed by atoms with E-state index in [1.54, 1.807) is 29.2 Å². The highest BCUT2D eigenvalue weighted by Crippen LogP contribution is 2.08. The van der Waals surface area contributed by atoms with Crippen LogP contribution in [0.1, 0.15) is 21.5 Å². The van der Waals surface area contributed by atoms with Crippen molar-refractivity contribution >= 4 is 17.8 Å². The Morgan fingerprint density at radius 3 is 2.59 bits per heavy atom. The zero-order valence-electron chi connectivity index (χ0n) is 14.4. The molecule has 0 saturated heterocycles. The number of carbonyl (C=O) groups excluding carboxylic acids is 2. The number of hydrogen-bond donors (Lipinski definition) is 0. The largest absolute Gasteiger partial charge is 0.454 e. The summed E-state index contributed by atoms with van der Waals surface area (Å²) in [4.78, 5) is 23.6. The average Bonchev–Trinajstić information content (AvgIpc) is 3.13. The first-order chi connectivity index (χ1) is 13.1. The molecule has 0 unspecified atom stereocenters. The van der Waals surface area contributed by atoms with Gasteiger partial charge in [-0.15, -0.1) is 0 Å². The molecule has 3 rings (SSSR count). The second-order valence-corrected chi connectivity index (χ2v) is 5.80. The lowest BCUT2D eigenvalue weighted by Gasteiger charge is -2.02. The second kappa shape index (κ2) is 8.71. The van der Waals surface area contributed by atoms with Crippen molar-refractivity contribution < 1.29 is 18.7 Å². The van der Waals surface area contributed by atoms with Crippen molar-refractivity contribution in [2.75, 3.05) is 6.61 Å². The maximum absolute atomic E-state index is 13.5. The number of aromatic nitrogens is 2. The Bertz CT molecular complexity index is 964. The van der Waals surface area contributed by atoms with Gasteiger partial charge < -0.3 is 4.74 Å². The molecule has 0 fully saturated rings. The highest BCUT2D eigenvalue weighted by Gasteiger charge is 2.12. The minimum atomic E-state index is -0.685. The van der Waals surface area contributed by atoms with Gasteiger partial charge in [-0.05, 0) is 23.8 Å². The molecule has 0 aliphatic rings. The quantitative estimate of drug-likeness (QED) is 0.366. The van der Waals surface area contributed by atoms with Crippen LogP contribution in [0.2, 0.25) is 0 Å². The summed E-state index contributed by atoms with van der Waals surface area (Å²) in [7, 11) is 0. The molecular weight excluding hydrogens is 347 g/mol. The molecule has 0 saturated carbocycles. The van der Waals surface area contributed by atoms with Crippen LogP contribution in [0.4, 0.5) is 4.39 Å². The van der Waals surface area contributed by atoms with Crippen molar-refractivity contribution in [1.29, 1.82) is 0 Å². The van der Waals surface area contributed by atoms with Gasteiger partial charge in [0, 0.05) is 17.8 Å². The molecule has 0 atom stereocenters. The number of carbonyl (C=O) groups is 2. The highest BCUT2D eigenvalue weighted by atomic mass is 19.1. The van der Waals surface area contributed by atoms with Crippen molar-refractivity contribution in [3.05, 3.63) is 95.6 Å². The molecule has 5 nitrogen and oxygen atoms in total. The summed E-state index contributed by atoms with van der Waals surface area (Å²) in [6.45, 7) is 0.105. The molecule has 136 valence electrons. The third kappa shape index (κ3) is 5.22. The summed E-state index contributed by atoms with van der Waals surface area (Å²) in [6.07, 6.45) is 6.17. The van der Waals surface area contributed by atoms with Crippen molar-refractivity contribution in [3.63, 3.8) is 0 Å². The minimum absolute atomic E-state index is 0.100. The summed E-state index contributed by atoms with van der Waals surface area (Å²) >= 11 is 0. The van der Waals surface area contributed by atoms with Crippen molar-refractivity contribution in [2.24, 2.45) is 0 Å². The molecule has 1 aromatic heterocycles. The molecule has 27 heavy (non-hydrogen) atoms. The fourth-order valence-corrected chi connectivity index (χ4v) is 2.44. The third-order valence-electron chi connectivity index (χ3n) is 3.77. The molecular formula is C21H17FN2O3. The van der Waals surface area contributed by atoms with Gasteiger partial charge in [-0.2, -0.15) is 5.10 Å². The van der Waals surface area contributed by atoms with E-state index in [2.05, 4.69) is 5.10 Å². The Morgan fingerprint density at radius 1 is 1.07 bits per heavy atom.